The number of anilines is 1. The second-order valence-corrected chi connectivity index (χ2v) is 5.43. The van der Waals surface area contributed by atoms with E-state index in [1.165, 1.54) is 0 Å². The molecule has 0 bridgehead atoms. The monoisotopic (exact) mass is 292 g/mol. The van der Waals surface area contributed by atoms with Crippen LogP contribution >= 0.6 is 0 Å². The minimum Gasteiger partial charge on any atom is -0.340 e. The Morgan fingerprint density at radius 1 is 1.24 bits per heavy atom. The quantitative estimate of drug-likeness (QED) is 0.898. The molecule has 21 heavy (non-hydrogen) atoms. The van der Waals surface area contributed by atoms with Crippen molar-refractivity contribution in [2.75, 3.05) is 4.90 Å². The molecule has 6 nitrogen and oxygen atoms in total. The number of hydrogen-bond acceptors (Lipinski definition) is 3. The standard InChI is InChI=1S/C15H24N4O2/c1-5-12-13(20)17-15(6-2,7-3)14(21)19(12)11-9-16-18(8-4)10-11/h9-10,12H,5-8H2,1-4H3,(H,17,20). The molecule has 2 amide bonds. The van der Waals surface area contributed by atoms with Gasteiger partial charge in [-0.25, -0.2) is 0 Å². The van der Waals surface area contributed by atoms with E-state index in [0.717, 1.165) is 6.54 Å². The second-order valence-electron chi connectivity index (χ2n) is 5.43. The number of hydrogen-bond donors (Lipinski definition) is 1. The van der Waals surface area contributed by atoms with Crippen LogP contribution in [0.2, 0.25) is 0 Å². The van der Waals surface area contributed by atoms with E-state index in [1.54, 1.807) is 15.8 Å². The first kappa shape index (κ1) is 15.5. The molecule has 1 fully saturated rings. The fourth-order valence-electron chi connectivity index (χ4n) is 2.91. The Hall–Kier alpha value is -1.85. The van der Waals surface area contributed by atoms with Crippen LogP contribution in [0.1, 0.15) is 47.0 Å². The van der Waals surface area contributed by atoms with Gasteiger partial charge in [0.1, 0.15) is 11.6 Å². The third kappa shape index (κ3) is 2.43. The lowest BCUT2D eigenvalue weighted by molar-refractivity contribution is -0.138. The number of nitrogens with zero attached hydrogens (tertiary/aromatic N) is 3. The molecule has 0 aromatic carbocycles. The number of rotatable bonds is 5. The topological polar surface area (TPSA) is 67.2 Å². The molecule has 1 saturated heterocycles. The molecule has 1 aliphatic rings. The molecule has 0 saturated carbocycles. The van der Waals surface area contributed by atoms with E-state index in [1.807, 2.05) is 33.9 Å². The molecule has 0 radical (unpaired) electrons. The van der Waals surface area contributed by atoms with Gasteiger partial charge in [0, 0.05) is 12.7 Å². The molecule has 0 spiro atoms. The van der Waals surface area contributed by atoms with Crippen LogP contribution in [0.15, 0.2) is 12.4 Å². The number of piperazine rings is 1. The molecular formula is C15H24N4O2. The first-order chi connectivity index (χ1) is 10.0. The maximum absolute atomic E-state index is 13.0. The Morgan fingerprint density at radius 2 is 1.90 bits per heavy atom. The van der Waals surface area contributed by atoms with Gasteiger partial charge >= 0.3 is 0 Å². The zero-order valence-corrected chi connectivity index (χ0v) is 13.2. The lowest BCUT2D eigenvalue weighted by atomic mass is 9.86. The Balaban J connectivity index is 2.46. The summed E-state index contributed by atoms with van der Waals surface area (Å²) < 4.78 is 1.77. The van der Waals surface area contributed by atoms with E-state index in [0.29, 0.717) is 24.9 Å². The third-order valence-electron chi connectivity index (χ3n) is 4.42. The first-order valence-electron chi connectivity index (χ1n) is 7.71. The average Bonchev–Trinajstić information content (AvgIpc) is 2.97. The van der Waals surface area contributed by atoms with Gasteiger partial charge in [0.2, 0.25) is 5.91 Å². The van der Waals surface area contributed by atoms with Gasteiger partial charge < -0.3 is 5.32 Å². The van der Waals surface area contributed by atoms with Crippen LogP contribution in [0, 0.1) is 0 Å². The predicted molar refractivity (Wildman–Crippen MR) is 80.9 cm³/mol. The minimum absolute atomic E-state index is 0.0328. The van der Waals surface area contributed by atoms with Crippen LogP contribution in [-0.4, -0.2) is 33.2 Å². The zero-order valence-electron chi connectivity index (χ0n) is 13.2. The smallest absolute Gasteiger partial charge is 0.253 e. The summed E-state index contributed by atoms with van der Waals surface area (Å²) >= 11 is 0. The first-order valence-corrected chi connectivity index (χ1v) is 7.71. The minimum atomic E-state index is -0.795. The van der Waals surface area contributed by atoms with Crippen LogP contribution in [0.5, 0.6) is 0 Å². The molecule has 1 atom stereocenters. The molecule has 0 aliphatic carbocycles. The fraction of sp³-hybridized carbons (Fsp3) is 0.667. The van der Waals surface area contributed by atoms with Crippen molar-refractivity contribution in [1.82, 2.24) is 15.1 Å². The fourth-order valence-corrected chi connectivity index (χ4v) is 2.91. The number of aryl methyl sites for hydroxylation is 1. The summed E-state index contributed by atoms with van der Waals surface area (Å²) in [6, 6.07) is -0.460. The van der Waals surface area contributed by atoms with Crippen molar-refractivity contribution < 1.29 is 9.59 Å². The summed E-state index contributed by atoms with van der Waals surface area (Å²) in [6.07, 6.45) is 5.25. The molecule has 116 valence electrons. The average molecular weight is 292 g/mol. The molecule has 1 N–H and O–H groups in total. The number of amides is 2. The van der Waals surface area contributed by atoms with E-state index in [9.17, 15) is 9.59 Å². The highest BCUT2D eigenvalue weighted by molar-refractivity contribution is 6.10. The Labute approximate surface area is 125 Å². The molecule has 2 heterocycles. The number of aromatic nitrogens is 2. The summed E-state index contributed by atoms with van der Waals surface area (Å²) in [5.74, 6) is -0.111. The van der Waals surface area contributed by atoms with Gasteiger partial charge in [0.05, 0.1) is 11.9 Å². The van der Waals surface area contributed by atoms with Crippen molar-refractivity contribution in [2.45, 2.75) is 65.1 Å². The van der Waals surface area contributed by atoms with E-state index < -0.39 is 11.6 Å². The van der Waals surface area contributed by atoms with Crippen molar-refractivity contribution in [3.63, 3.8) is 0 Å². The van der Waals surface area contributed by atoms with E-state index in [2.05, 4.69) is 10.4 Å². The van der Waals surface area contributed by atoms with Gasteiger partial charge in [-0.2, -0.15) is 5.10 Å². The van der Waals surface area contributed by atoms with Crippen LogP contribution in [-0.2, 0) is 16.1 Å². The Morgan fingerprint density at radius 3 is 2.38 bits per heavy atom. The van der Waals surface area contributed by atoms with Gasteiger partial charge in [-0.15, -0.1) is 0 Å². The van der Waals surface area contributed by atoms with Gasteiger partial charge in [-0.1, -0.05) is 20.8 Å². The van der Waals surface area contributed by atoms with Crippen LogP contribution < -0.4 is 10.2 Å². The van der Waals surface area contributed by atoms with Crippen molar-refractivity contribution in [1.29, 1.82) is 0 Å². The summed E-state index contributed by atoms with van der Waals surface area (Å²) in [5.41, 5.74) is -0.0910. The summed E-state index contributed by atoms with van der Waals surface area (Å²) in [7, 11) is 0. The van der Waals surface area contributed by atoms with Gasteiger partial charge in [-0.05, 0) is 26.2 Å². The Bertz CT molecular complexity index is 534. The van der Waals surface area contributed by atoms with Crippen LogP contribution in [0.4, 0.5) is 5.69 Å². The molecule has 1 aromatic rings. The molecule has 1 aromatic heterocycles. The largest absolute Gasteiger partial charge is 0.340 e. The molecule has 2 rings (SSSR count). The lowest BCUT2D eigenvalue weighted by Crippen LogP contribution is -2.70. The van der Waals surface area contributed by atoms with Crippen LogP contribution in [0.3, 0.4) is 0 Å². The summed E-state index contributed by atoms with van der Waals surface area (Å²) in [5, 5.41) is 7.17. The van der Waals surface area contributed by atoms with Crippen molar-refractivity contribution in [3.8, 4) is 0 Å². The lowest BCUT2D eigenvalue weighted by Gasteiger charge is -2.44. The SMILES string of the molecule is CCC1C(=O)NC(CC)(CC)C(=O)N1c1cnn(CC)c1. The molecule has 6 heteroatoms. The number of carbonyl (C=O) groups is 2. The third-order valence-corrected chi connectivity index (χ3v) is 4.42. The normalized spacial score (nSPS) is 21.5. The summed E-state index contributed by atoms with van der Waals surface area (Å²) in [4.78, 5) is 27.1. The van der Waals surface area contributed by atoms with Gasteiger partial charge in [-0.3, -0.25) is 19.2 Å². The number of carbonyl (C=O) groups excluding carboxylic acids is 2. The highest BCUT2D eigenvalue weighted by Crippen LogP contribution is 2.30. The second kappa shape index (κ2) is 5.87. The van der Waals surface area contributed by atoms with E-state index in [4.69, 9.17) is 0 Å². The summed E-state index contributed by atoms with van der Waals surface area (Å²) in [6.45, 7) is 8.50. The van der Waals surface area contributed by atoms with E-state index in [-0.39, 0.29) is 11.8 Å². The molecule has 1 aliphatic heterocycles. The maximum Gasteiger partial charge on any atom is 0.253 e. The molecular weight excluding hydrogens is 268 g/mol. The highest BCUT2D eigenvalue weighted by Gasteiger charge is 2.49. The van der Waals surface area contributed by atoms with Gasteiger partial charge in [0.25, 0.3) is 5.91 Å². The highest BCUT2D eigenvalue weighted by atomic mass is 16.2. The maximum atomic E-state index is 13.0. The predicted octanol–water partition coefficient (Wildman–Crippen LogP) is 1.70. The number of nitrogens with one attached hydrogen (secondary N) is 1. The van der Waals surface area contributed by atoms with Crippen molar-refractivity contribution in [2.24, 2.45) is 0 Å². The van der Waals surface area contributed by atoms with E-state index >= 15 is 0 Å². The van der Waals surface area contributed by atoms with Crippen molar-refractivity contribution >= 4 is 17.5 Å². The van der Waals surface area contributed by atoms with Crippen LogP contribution in [0.25, 0.3) is 0 Å². The molecule has 1 unspecified atom stereocenters. The zero-order chi connectivity index (χ0) is 15.6. The van der Waals surface area contributed by atoms with Crippen molar-refractivity contribution in [3.05, 3.63) is 12.4 Å². The van der Waals surface area contributed by atoms with Gasteiger partial charge in [0.15, 0.2) is 0 Å². The Kier molecular flexibility index (Phi) is 4.34.